The van der Waals surface area contributed by atoms with E-state index in [0.717, 1.165) is 31.7 Å². The van der Waals surface area contributed by atoms with E-state index in [-0.39, 0.29) is 12.2 Å². The molecule has 0 aromatic rings. The minimum absolute atomic E-state index is 0.287. The zero-order chi connectivity index (χ0) is 26.0. The van der Waals surface area contributed by atoms with Crippen LogP contribution in [0.15, 0.2) is 24.3 Å². The number of allylic oxidation sites excluding steroid dienone is 4. The maximum absolute atomic E-state index is 6.52. The van der Waals surface area contributed by atoms with E-state index >= 15 is 0 Å². The highest BCUT2D eigenvalue weighted by Crippen LogP contribution is 2.16. The second-order valence-electron chi connectivity index (χ2n) is 10.6. The molecule has 0 saturated carbocycles. The Morgan fingerprint density at radius 1 is 0.600 bits per heavy atom. The third-order valence-corrected chi connectivity index (χ3v) is 8.51. The lowest BCUT2D eigenvalue weighted by atomic mass is 10.1. The summed E-state index contributed by atoms with van der Waals surface area (Å²) in [7, 11) is 3.11. The molecule has 35 heavy (non-hydrogen) atoms. The Bertz CT molecular complexity index is 449. The van der Waals surface area contributed by atoms with Gasteiger partial charge in [0, 0.05) is 0 Å². The summed E-state index contributed by atoms with van der Waals surface area (Å²) in [6, 6.07) is 1.12. The van der Waals surface area contributed by atoms with E-state index in [1.807, 2.05) is 0 Å². The molecule has 2 unspecified atom stereocenters. The predicted octanol–water partition coefficient (Wildman–Crippen LogP) is 9.63. The van der Waals surface area contributed by atoms with Gasteiger partial charge in [-0.1, -0.05) is 83.1 Å². The van der Waals surface area contributed by atoms with Crippen molar-refractivity contribution in [2.45, 2.75) is 155 Å². The van der Waals surface area contributed by atoms with Crippen molar-refractivity contribution in [2.75, 3.05) is 20.6 Å². The van der Waals surface area contributed by atoms with Crippen LogP contribution in [0.2, 0.25) is 6.04 Å². The highest BCUT2D eigenvalue weighted by molar-refractivity contribution is 6.44. The van der Waals surface area contributed by atoms with Crippen LogP contribution in [0.4, 0.5) is 0 Å². The van der Waals surface area contributed by atoms with Crippen LogP contribution < -0.4 is 0 Å². The Hall–Kier alpha value is -0.423. The zero-order valence-corrected chi connectivity index (χ0v) is 25.7. The maximum atomic E-state index is 6.52. The Balaban J connectivity index is 4.35. The van der Waals surface area contributed by atoms with Gasteiger partial charge in [-0.15, -0.1) is 0 Å². The number of nitrogens with zero attached hydrogens (tertiary/aromatic N) is 1. The van der Waals surface area contributed by atoms with Gasteiger partial charge in [-0.3, -0.25) is 0 Å². The number of unbranched alkanes of at least 4 members (excludes halogenated alkanes) is 10. The molecule has 0 rings (SSSR count). The van der Waals surface area contributed by atoms with Crippen molar-refractivity contribution in [3.05, 3.63) is 24.3 Å². The molecular formula is C31H62NO2Si+. The second-order valence-corrected chi connectivity index (χ2v) is 12.4. The standard InChI is InChI=1S/C31H62NO2Si/c1-7-9-11-13-15-18-22-26-30(3)33-35(29-25-21-17-20-24-28-32(5)6)34-31(4)27-23-19-16-14-12-10-8-2/h15-16,18-19,30-31H,7-14,17,20-29H2,1-6H3/q+1/b18-15-,19-16-. The average molecular weight is 509 g/mol. The summed E-state index contributed by atoms with van der Waals surface area (Å²) < 4.78 is 13.0. The van der Waals surface area contributed by atoms with Crippen molar-refractivity contribution < 1.29 is 8.85 Å². The summed E-state index contributed by atoms with van der Waals surface area (Å²) in [5.74, 6) is 0. The Morgan fingerprint density at radius 2 is 1.06 bits per heavy atom. The molecule has 0 aromatic carbocycles. The van der Waals surface area contributed by atoms with E-state index in [1.54, 1.807) is 0 Å². The van der Waals surface area contributed by atoms with Gasteiger partial charge in [0.2, 0.25) is 0 Å². The van der Waals surface area contributed by atoms with Gasteiger partial charge in [0.1, 0.15) is 6.04 Å². The second kappa shape index (κ2) is 26.6. The fraction of sp³-hybridized carbons (Fsp3) is 0.871. The number of rotatable bonds is 26. The van der Waals surface area contributed by atoms with E-state index in [0.29, 0.717) is 0 Å². The highest BCUT2D eigenvalue weighted by atomic mass is 28.3. The Morgan fingerprint density at radius 3 is 1.54 bits per heavy atom. The largest absolute Gasteiger partial charge is 0.644 e. The van der Waals surface area contributed by atoms with Crippen LogP contribution in [0.3, 0.4) is 0 Å². The molecule has 0 heterocycles. The highest BCUT2D eigenvalue weighted by Gasteiger charge is 2.36. The van der Waals surface area contributed by atoms with E-state index in [2.05, 4.69) is 71.0 Å². The third kappa shape index (κ3) is 26.5. The fourth-order valence-electron chi connectivity index (χ4n) is 4.10. The summed E-state index contributed by atoms with van der Waals surface area (Å²) in [6.45, 7) is 10.2. The van der Waals surface area contributed by atoms with Crippen molar-refractivity contribution in [1.82, 2.24) is 4.90 Å². The van der Waals surface area contributed by atoms with Crippen LogP contribution in [-0.2, 0) is 8.85 Å². The SMILES string of the molecule is CCCCC/C=C\CCC(C)O[Si+](CCCCCCCN(C)C)OC(C)CC/C=C\CCCCC. The summed E-state index contributed by atoms with van der Waals surface area (Å²) in [5, 5.41) is 0. The van der Waals surface area contributed by atoms with Gasteiger partial charge in [0.25, 0.3) is 0 Å². The van der Waals surface area contributed by atoms with Crippen LogP contribution in [0.1, 0.15) is 137 Å². The van der Waals surface area contributed by atoms with Crippen LogP contribution in [0.5, 0.6) is 0 Å². The normalized spacial score (nSPS) is 13.9. The lowest BCUT2D eigenvalue weighted by Crippen LogP contribution is -2.31. The average Bonchev–Trinajstić information content (AvgIpc) is 2.82. The van der Waals surface area contributed by atoms with E-state index in [4.69, 9.17) is 8.85 Å². The van der Waals surface area contributed by atoms with E-state index < -0.39 is 9.28 Å². The molecular weight excluding hydrogens is 446 g/mol. The van der Waals surface area contributed by atoms with E-state index in [1.165, 1.54) is 90.0 Å². The van der Waals surface area contributed by atoms with Gasteiger partial charge in [0.05, 0.1) is 12.2 Å². The summed E-state index contributed by atoms with van der Waals surface area (Å²) in [4.78, 5) is 2.28. The van der Waals surface area contributed by atoms with Crippen molar-refractivity contribution >= 4 is 9.28 Å². The topological polar surface area (TPSA) is 21.7 Å². The third-order valence-electron chi connectivity index (χ3n) is 6.41. The first kappa shape index (κ1) is 34.6. The molecule has 0 spiro atoms. The van der Waals surface area contributed by atoms with Crippen LogP contribution >= 0.6 is 0 Å². The van der Waals surface area contributed by atoms with Crippen LogP contribution in [0.25, 0.3) is 0 Å². The van der Waals surface area contributed by atoms with Crippen molar-refractivity contribution in [3.63, 3.8) is 0 Å². The molecule has 0 bridgehead atoms. The van der Waals surface area contributed by atoms with Gasteiger partial charge >= 0.3 is 9.28 Å². The van der Waals surface area contributed by atoms with Crippen LogP contribution in [-0.4, -0.2) is 47.0 Å². The lowest BCUT2D eigenvalue weighted by Gasteiger charge is -2.12. The lowest BCUT2D eigenvalue weighted by molar-refractivity contribution is 0.106. The van der Waals surface area contributed by atoms with Gasteiger partial charge in [-0.2, -0.15) is 0 Å². The Labute approximate surface area is 223 Å². The molecule has 0 saturated heterocycles. The van der Waals surface area contributed by atoms with Gasteiger partial charge in [-0.05, 0) is 98.7 Å². The molecule has 0 aliphatic heterocycles. The monoisotopic (exact) mass is 508 g/mol. The van der Waals surface area contributed by atoms with Crippen molar-refractivity contribution in [1.29, 1.82) is 0 Å². The minimum atomic E-state index is -1.21. The maximum Gasteiger partial charge on any atom is 0.644 e. The predicted molar refractivity (Wildman–Crippen MR) is 158 cm³/mol. The molecule has 206 valence electrons. The molecule has 0 radical (unpaired) electrons. The molecule has 2 atom stereocenters. The zero-order valence-electron chi connectivity index (χ0n) is 24.7. The summed E-state index contributed by atoms with van der Waals surface area (Å²) in [5.41, 5.74) is 0. The molecule has 3 nitrogen and oxygen atoms in total. The summed E-state index contributed by atoms with van der Waals surface area (Å²) in [6.07, 6.45) is 31.3. The molecule has 0 aliphatic carbocycles. The molecule has 4 heteroatoms. The van der Waals surface area contributed by atoms with Gasteiger partial charge in [-0.25, -0.2) is 8.85 Å². The molecule has 0 aliphatic rings. The first-order valence-corrected chi connectivity index (χ1v) is 16.7. The van der Waals surface area contributed by atoms with E-state index in [9.17, 15) is 0 Å². The first-order valence-electron chi connectivity index (χ1n) is 15.1. The fourth-order valence-corrected chi connectivity index (χ4v) is 6.06. The number of hydrogen-bond donors (Lipinski definition) is 0. The van der Waals surface area contributed by atoms with Gasteiger partial charge in [0.15, 0.2) is 0 Å². The smallest absolute Gasteiger partial charge is 0.309 e. The van der Waals surface area contributed by atoms with Gasteiger partial charge < -0.3 is 4.90 Å². The molecule has 0 fully saturated rings. The molecule has 0 N–H and O–H groups in total. The molecule has 0 amide bonds. The van der Waals surface area contributed by atoms with Crippen LogP contribution in [0, 0.1) is 0 Å². The number of hydrogen-bond acceptors (Lipinski definition) is 3. The molecule has 0 aromatic heterocycles. The minimum Gasteiger partial charge on any atom is -0.309 e. The quantitative estimate of drug-likeness (QED) is 0.0659. The Kier molecular flexibility index (Phi) is 26.3. The van der Waals surface area contributed by atoms with Crippen molar-refractivity contribution in [3.8, 4) is 0 Å². The first-order chi connectivity index (χ1) is 17.0. The summed E-state index contributed by atoms with van der Waals surface area (Å²) >= 11 is 0. The van der Waals surface area contributed by atoms with Crippen molar-refractivity contribution in [2.24, 2.45) is 0 Å².